The summed E-state index contributed by atoms with van der Waals surface area (Å²) in [4.78, 5) is 36.6. The summed E-state index contributed by atoms with van der Waals surface area (Å²) in [7, 11) is 1.86. The summed E-state index contributed by atoms with van der Waals surface area (Å²) in [5.74, 6) is -2.79. The lowest BCUT2D eigenvalue weighted by atomic mass is 10.1. The fourth-order valence-electron chi connectivity index (χ4n) is 4.85. The molecule has 2 aliphatic rings. The van der Waals surface area contributed by atoms with Crippen molar-refractivity contribution in [3.63, 3.8) is 0 Å². The van der Waals surface area contributed by atoms with Crippen LogP contribution < -0.4 is 10.6 Å². The standard InChI is InChI=1S/C24H27N5O2.C2HF3O2/c1-28-21-11-5-3-9-19(21)23(27-28)24(31)29-12-6-8-18(29)15-25-22(30)14-17-13-16-7-2-4-10-20(16)26-17;3-2(4,5)1(6)7/h2-5,7,9-11,17-18,26H,6,8,12-15H2,1H3,(H,25,30);(H,6,7)/t17-,18+;/m0./s1. The van der Waals surface area contributed by atoms with Gasteiger partial charge in [0.2, 0.25) is 5.91 Å². The van der Waals surface area contributed by atoms with Crippen LogP contribution >= 0.6 is 0 Å². The predicted molar refractivity (Wildman–Crippen MR) is 134 cm³/mol. The van der Waals surface area contributed by atoms with Gasteiger partial charge >= 0.3 is 12.1 Å². The molecule has 3 aromatic rings. The summed E-state index contributed by atoms with van der Waals surface area (Å²) >= 11 is 0. The lowest BCUT2D eigenvalue weighted by Crippen LogP contribution is -2.44. The molecule has 0 radical (unpaired) electrons. The van der Waals surface area contributed by atoms with Gasteiger partial charge in [-0.1, -0.05) is 36.4 Å². The second-order valence-electron chi connectivity index (χ2n) is 9.30. The van der Waals surface area contributed by atoms with E-state index in [1.165, 1.54) is 5.56 Å². The van der Waals surface area contributed by atoms with Crippen LogP contribution in [0.1, 0.15) is 35.3 Å². The van der Waals surface area contributed by atoms with E-state index in [0.29, 0.717) is 25.2 Å². The minimum absolute atomic E-state index is 0.00551. The van der Waals surface area contributed by atoms with Gasteiger partial charge < -0.3 is 20.6 Å². The highest BCUT2D eigenvalue weighted by atomic mass is 19.4. The fourth-order valence-corrected chi connectivity index (χ4v) is 4.85. The number of halogens is 3. The number of aryl methyl sites for hydroxylation is 1. The normalized spacial score (nSPS) is 18.4. The molecule has 2 aliphatic heterocycles. The van der Waals surface area contributed by atoms with Crippen LogP contribution in [-0.2, 0) is 23.1 Å². The largest absolute Gasteiger partial charge is 0.490 e. The lowest BCUT2D eigenvalue weighted by Gasteiger charge is -2.24. The summed E-state index contributed by atoms with van der Waals surface area (Å²) in [5.41, 5.74) is 3.81. The molecule has 1 fully saturated rings. The Morgan fingerprint density at radius 1 is 1.13 bits per heavy atom. The van der Waals surface area contributed by atoms with Gasteiger partial charge in [-0.2, -0.15) is 18.3 Å². The minimum atomic E-state index is -5.08. The number of benzene rings is 2. The Kier molecular flexibility index (Phi) is 7.88. The van der Waals surface area contributed by atoms with Crippen LogP contribution in [0.4, 0.5) is 18.9 Å². The Morgan fingerprint density at radius 2 is 1.82 bits per heavy atom. The van der Waals surface area contributed by atoms with Crippen LogP contribution in [0.5, 0.6) is 0 Å². The number of anilines is 1. The zero-order valence-corrected chi connectivity index (χ0v) is 20.7. The van der Waals surface area contributed by atoms with Crippen molar-refractivity contribution in [2.75, 3.05) is 18.4 Å². The number of aromatic nitrogens is 2. The average Bonchev–Trinajstić information content (AvgIpc) is 3.59. The summed E-state index contributed by atoms with van der Waals surface area (Å²) in [6, 6.07) is 16.1. The number of carbonyl (C=O) groups is 3. The molecule has 1 aromatic heterocycles. The van der Waals surface area contributed by atoms with Crippen molar-refractivity contribution >= 4 is 34.4 Å². The van der Waals surface area contributed by atoms with E-state index >= 15 is 0 Å². The Balaban J connectivity index is 0.000000426. The van der Waals surface area contributed by atoms with Crippen LogP contribution in [-0.4, -0.2) is 68.9 Å². The first-order valence-corrected chi connectivity index (χ1v) is 12.2. The van der Waals surface area contributed by atoms with Crippen LogP contribution in [0, 0.1) is 0 Å². The van der Waals surface area contributed by atoms with Gasteiger partial charge in [-0.3, -0.25) is 14.3 Å². The van der Waals surface area contributed by atoms with Crippen LogP contribution in [0.2, 0.25) is 0 Å². The number of hydrogen-bond acceptors (Lipinski definition) is 5. The second kappa shape index (κ2) is 11.1. The minimum Gasteiger partial charge on any atom is -0.475 e. The van der Waals surface area contributed by atoms with Gasteiger partial charge in [0, 0.05) is 49.7 Å². The van der Waals surface area contributed by atoms with Gasteiger partial charge in [0.1, 0.15) is 0 Å². The number of likely N-dealkylation sites (tertiary alicyclic amines) is 1. The number of rotatable bonds is 5. The lowest BCUT2D eigenvalue weighted by molar-refractivity contribution is -0.192. The molecule has 3 heterocycles. The molecule has 38 heavy (non-hydrogen) atoms. The molecule has 5 rings (SSSR count). The van der Waals surface area contributed by atoms with Gasteiger partial charge in [0.25, 0.3) is 5.91 Å². The highest BCUT2D eigenvalue weighted by Crippen LogP contribution is 2.27. The first-order chi connectivity index (χ1) is 18.0. The highest BCUT2D eigenvalue weighted by molar-refractivity contribution is 6.05. The molecule has 202 valence electrons. The smallest absolute Gasteiger partial charge is 0.475 e. The van der Waals surface area contributed by atoms with Crippen molar-refractivity contribution in [1.29, 1.82) is 0 Å². The molecule has 0 aliphatic carbocycles. The molecule has 0 unspecified atom stereocenters. The number of carbonyl (C=O) groups excluding carboxylic acids is 2. The van der Waals surface area contributed by atoms with Crippen molar-refractivity contribution in [3.8, 4) is 0 Å². The fraction of sp³-hybridized carbons (Fsp3) is 0.385. The molecule has 0 bridgehead atoms. The molecule has 12 heteroatoms. The number of carboxylic acid groups (broad SMARTS) is 1. The SMILES string of the molecule is Cn1nc(C(=O)N2CCC[C@@H]2CNC(=O)C[C@@H]2Cc3ccccc3N2)c2ccccc21.O=C(O)C(F)(F)F. The quantitative estimate of drug-likeness (QED) is 0.465. The van der Waals surface area contributed by atoms with E-state index in [9.17, 15) is 22.8 Å². The maximum Gasteiger partial charge on any atom is 0.490 e. The van der Waals surface area contributed by atoms with E-state index in [2.05, 4.69) is 27.9 Å². The van der Waals surface area contributed by atoms with E-state index < -0.39 is 12.1 Å². The van der Waals surface area contributed by atoms with E-state index in [1.54, 1.807) is 4.68 Å². The Morgan fingerprint density at radius 3 is 2.53 bits per heavy atom. The number of alkyl halides is 3. The number of fused-ring (bicyclic) bond motifs is 2. The zero-order chi connectivity index (χ0) is 27.4. The van der Waals surface area contributed by atoms with Gasteiger partial charge in [-0.15, -0.1) is 0 Å². The molecular formula is C26H28F3N5O4. The first kappa shape index (κ1) is 27.0. The van der Waals surface area contributed by atoms with E-state index in [1.807, 2.05) is 48.3 Å². The van der Waals surface area contributed by atoms with E-state index in [-0.39, 0.29) is 23.9 Å². The van der Waals surface area contributed by atoms with E-state index in [0.717, 1.165) is 35.9 Å². The number of para-hydroxylation sites is 2. The summed E-state index contributed by atoms with van der Waals surface area (Å²) in [5, 5.41) is 19.0. The molecular weight excluding hydrogens is 503 g/mol. The summed E-state index contributed by atoms with van der Waals surface area (Å²) in [6.45, 7) is 1.18. The van der Waals surface area contributed by atoms with E-state index in [4.69, 9.17) is 9.90 Å². The molecule has 2 amide bonds. The van der Waals surface area contributed by atoms with Crippen molar-refractivity contribution in [2.24, 2.45) is 7.05 Å². The molecule has 3 N–H and O–H groups in total. The van der Waals surface area contributed by atoms with Crippen LogP contribution in [0.3, 0.4) is 0 Å². The predicted octanol–water partition coefficient (Wildman–Crippen LogP) is 3.35. The summed E-state index contributed by atoms with van der Waals surface area (Å²) in [6.07, 6.45) is -1.95. The van der Waals surface area contributed by atoms with Gasteiger partial charge in [-0.05, 0) is 37.0 Å². The first-order valence-electron chi connectivity index (χ1n) is 12.2. The molecule has 2 atom stereocenters. The number of hydrogen-bond donors (Lipinski definition) is 3. The number of nitrogens with zero attached hydrogens (tertiary/aromatic N) is 3. The van der Waals surface area contributed by atoms with Crippen LogP contribution in [0.15, 0.2) is 48.5 Å². The second-order valence-corrected chi connectivity index (χ2v) is 9.30. The molecule has 0 spiro atoms. The Labute approximate surface area is 216 Å². The number of amides is 2. The van der Waals surface area contributed by atoms with Crippen molar-refractivity contribution in [3.05, 3.63) is 59.8 Å². The molecule has 9 nitrogen and oxygen atoms in total. The topological polar surface area (TPSA) is 117 Å². The maximum absolute atomic E-state index is 13.3. The Hall–Kier alpha value is -4.09. The monoisotopic (exact) mass is 531 g/mol. The average molecular weight is 532 g/mol. The molecule has 1 saturated heterocycles. The van der Waals surface area contributed by atoms with Gasteiger partial charge in [0.15, 0.2) is 5.69 Å². The van der Waals surface area contributed by atoms with Crippen molar-refractivity contribution in [2.45, 2.75) is 43.9 Å². The maximum atomic E-state index is 13.3. The number of aliphatic carboxylic acids is 1. The van der Waals surface area contributed by atoms with Gasteiger partial charge in [0.05, 0.1) is 5.52 Å². The zero-order valence-electron chi connectivity index (χ0n) is 20.7. The van der Waals surface area contributed by atoms with Gasteiger partial charge in [-0.25, -0.2) is 4.79 Å². The van der Waals surface area contributed by atoms with Crippen LogP contribution in [0.25, 0.3) is 10.9 Å². The van der Waals surface area contributed by atoms with Crippen molar-refractivity contribution in [1.82, 2.24) is 20.0 Å². The summed E-state index contributed by atoms with van der Waals surface area (Å²) < 4.78 is 33.5. The number of carboxylic acids is 1. The highest BCUT2D eigenvalue weighted by Gasteiger charge is 2.38. The molecule has 2 aromatic carbocycles. The van der Waals surface area contributed by atoms with Crippen molar-refractivity contribution < 1.29 is 32.7 Å². The number of nitrogens with one attached hydrogen (secondary N) is 2. The third-order valence-corrected chi connectivity index (χ3v) is 6.65. The Bertz CT molecular complexity index is 1310. The molecule has 0 saturated carbocycles. The third kappa shape index (κ3) is 6.06. The third-order valence-electron chi connectivity index (χ3n) is 6.65.